The number of hydrogen-bond acceptors (Lipinski definition) is 5. The van der Waals surface area contributed by atoms with Crippen molar-refractivity contribution in [1.82, 2.24) is 20.5 Å². The molecule has 0 bridgehead atoms. The van der Waals surface area contributed by atoms with Crippen LogP contribution in [0, 0.1) is 6.92 Å². The Morgan fingerprint density at radius 1 is 1.52 bits per heavy atom. The average molecular weight is 337 g/mol. The molecule has 2 fully saturated rings. The minimum atomic E-state index is 0.254. The molecule has 0 aromatic carbocycles. The summed E-state index contributed by atoms with van der Waals surface area (Å²) in [5.74, 6) is 0.837. The highest BCUT2D eigenvalue weighted by Gasteiger charge is 2.32. The molecule has 2 unspecified atom stereocenters. The maximum atomic E-state index is 5.97. The minimum Gasteiger partial charge on any atom is -0.373 e. The van der Waals surface area contributed by atoms with Crippen molar-refractivity contribution in [2.24, 2.45) is 4.99 Å². The average Bonchev–Trinajstić information content (AvgIpc) is 3.18. The van der Waals surface area contributed by atoms with Gasteiger partial charge >= 0.3 is 0 Å². The van der Waals surface area contributed by atoms with E-state index in [1.165, 1.54) is 19.4 Å². The fourth-order valence-electron chi connectivity index (χ4n) is 3.27. The fraction of sp³-hybridized carbons (Fsp3) is 0.750. The van der Waals surface area contributed by atoms with Gasteiger partial charge in [-0.1, -0.05) is 0 Å². The van der Waals surface area contributed by atoms with Crippen molar-refractivity contribution in [2.75, 3.05) is 39.8 Å². The first kappa shape index (κ1) is 16.7. The van der Waals surface area contributed by atoms with Crippen LogP contribution in [-0.4, -0.2) is 67.8 Å². The third kappa shape index (κ3) is 4.65. The lowest BCUT2D eigenvalue weighted by Crippen LogP contribution is -2.51. The summed E-state index contributed by atoms with van der Waals surface area (Å²) in [5, 5.41) is 9.97. The number of thiazole rings is 1. The van der Waals surface area contributed by atoms with Crippen molar-refractivity contribution < 1.29 is 4.74 Å². The molecule has 128 valence electrons. The van der Waals surface area contributed by atoms with E-state index < -0.39 is 0 Å². The third-order valence-electron chi connectivity index (χ3n) is 4.52. The van der Waals surface area contributed by atoms with Crippen LogP contribution in [0.15, 0.2) is 10.4 Å². The molecule has 1 aromatic heterocycles. The molecule has 0 aliphatic carbocycles. The van der Waals surface area contributed by atoms with E-state index in [0.717, 1.165) is 49.3 Å². The standard InChI is InChI=1S/C16H27N5OS/c1-12-20-13(11-23-12)5-6-18-16(17-2)19-8-15-9-21-7-3-4-14(21)10-22-15/h11,14-15H,3-10H2,1-2H3,(H2,17,18,19). The van der Waals surface area contributed by atoms with Gasteiger partial charge in [-0.05, 0) is 26.3 Å². The molecule has 7 heteroatoms. The van der Waals surface area contributed by atoms with Crippen LogP contribution in [0.25, 0.3) is 0 Å². The number of nitrogens with zero attached hydrogens (tertiary/aromatic N) is 3. The zero-order valence-corrected chi connectivity index (χ0v) is 14.9. The second kappa shape index (κ2) is 8.08. The molecule has 2 atom stereocenters. The summed E-state index contributed by atoms with van der Waals surface area (Å²) in [6, 6.07) is 0.658. The van der Waals surface area contributed by atoms with Gasteiger partial charge in [-0.2, -0.15) is 0 Å². The molecule has 3 rings (SSSR count). The van der Waals surface area contributed by atoms with Crippen LogP contribution >= 0.6 is 11.3 Å². The summed E-state index contributed by atoms with van der Waals surface area (Å²) in [6.45, 7) is 6.82. The Balaban J connectivity index is 1.36. The molecule has 6 nitrogen and oxygen atoms in total. The van der Waals surface area contributed by atoms with Crippen LogP contribution in [0.1, 0.15) is 23.5 Å². The van der Waals surface area contributed by atoms with Gasteiger partial charge in [0.1, 0.15) is 0 Å². The largest absolute Gasteiger partial charge is 0.373 e. The van der Waals surface area contributed by atoms with Crippen molar-refractivity contribution in [3.05, 3.63) is 16.1 Å². The van der Waals surface area contributed by atoms with Gasteiger partial charge in [-0.3, -0.25) is 9.89 Å². The summed E-state index contributed by atoms with van der Waals surface area (Å²) >= 11 is 1.70. The second-order valence-electron chi connectivity index (χ2n) is 6.23. The Hall–Kier alpha value is -1.18. The van der Waals surface area contributed by atoms with E-state index in [0.29, 0.717) is 6.04 Å². The molecule has 2 aliphatic heterocycles. The number of aliphatic imine (C=N–C) groups is 1. The van der Waals surface area contributed by atoms with Crippen LogP contribution in [0.2, 0.25) is 0 Å². The van der Waals surface area contributed by atoms with E-state index in [2.05, 4.69) is 30.9 Å². The first-order chi connectivity index (χ1) is 11.2. The fourth-order valence-corrected chi connectivity index (χ4v) is 3.92. The molecular weight excluding hydrogens is 310 g/mol. The van der Waals surface area contributed by atoms with Crippen LogP contribution in [0.3, 0.4) is 0 Å². The SMILES string of the molecule is CN=C(NCCc1csc(C)n1)NCC1CN2CCCC2CO1. The number of hydrogen-bond donors (Lipinski definition) is 2. The topological polar surface area (TPSA) is 61.8 Å². The van der Waals surface area contributed by atoms with Crippen molar-refractivity contribution in [1.29, 1.82) is 0 Å². The van der Waals surface area contributed by atoms with E-state index in [1.54, 1.807) is 18.4 Å². The second-order valence-corrected chi connectivity index (χ2v) is 7.30. The number of rotatable bonds is 5. The Bertz CT molecular complexity index is 532. The van der Waals surface area contributed by atoms with Crippen molar-refractivity contribution in [3.63, 3.8) is 0 Å². The normalized spacial score (nSPS) is 25.4. The molecular formula is C16H27N5OS. The van der Waals surface area contributed by atoms with Gasteiger partial charge in [-0.25, -0.2) is 4.98 Å². The van der Waals surface area contributed by atoms with E-state index >= 15 is 0 Å². The maximum Gasteiger partial charge on any atom is 0.191 e. The quantitative estimate of drug-likeness (QED) is 0.621. The molecule has 0 amide bonds. The van der Waals surface area contributed by atoms with Crippen LogP contribution in [0.4, 0.5) is 0 Å². The maximum absolute atomic E-state index is 5.97. The van der Waals surface area contributed by atoms with Gasteiger partial charge in [0.05, 0.1) is 23.4 Å². The van der Waals surface area contributed by atoms with Gasteiger partial charge in [0.2, 0.25) is 0 Å². The highest BCUT2D eigenvalue weighted by molar-refractivity contribution is 7.09. The predicted molar refractivity (Wildman–Crippen MR) is 94.3 cm³/mol. The number of ether oxygens (including phenoxy) is 1. The number of aromatic nitrogens is 1. The first-order valence-corrected chi connectivity index (χ1v) is 9.33. The molecule has 2 saturated heterocycles. The first-order valence-electron chi connectivity index (χ1n) is 8.46. The van der Waals surface area contributed by atoms with E-state index in [4.69, 9.17) is 4.74 Å². The zero-order chi connectivity index (χ0) is 16.1. The lowest BCUT2D eigenvalue weighted by Gasteiger charge is -2.35. The van der Waals surface area contributed by atoms with Gasteiger partial charge in [0.25, 0.3) is 0 Å². The molecule has 3 heterocycles. The molecule has 0 spiro atoms. The highest BCUT2D eigenvalue weighted by Crippen LogP contribution is 2.22. The van der Waals surface area contributed by atoms with Crippen LogP contribution in [-0.2, 0) is 11.2 Å². The van der Waals surface area contributed by atoms with Crippen molar-refractivity contribution >= 4 is 17.3 Å². The van der Waals surface area contributed by atoms with Gasteiger partial charge < -0.3 is 15.4 Å². The lowest BCUT2D eigenvalue weighted by molar-refractivity contribution is -0.0453. The molecule has 2 N–H and O–H groups in total. The minimum absolute atomic E-state index is 0.254. The molecule has 0 radical (unpaired) electrons. The van der Waals surface area contributed by atoms with Crippen molar-refractivity contribution in [2.45, 2.75) is 38.3 Å². The van der Waals surface area contributed by atoms with E-state index in [1.807, 2.05) is 6.92 Å². The van der Waals surface area contributed by atoms with Gasteiger partial charge in [0.15, 0.2) is 5.96 Å². The van der Waals surface area contributed by atoms with E-state index in [9.17, 15) is 0 Å². The number of nitrogens with one attached hydrogen (secondary N) is 2. The number of guanidine groups is 1. The summed E-state index contributed by atoms with van der Waals surface area (Å²) in [6.07, 6.45) is 3.78. The van der Waals surface area contributed by atoms with Gasteiger partial charge in [0, 0.05) is 44.5 Å². The third-order valence-corrected chi connectivity index (χ3v) is 5.34. The van der Waals surface area contributed by atoms with Gasteiger partial charge in [-0.15, -0.1) is 11.3 Å². The van der Waals surface area contributed by atoms with Crippen molar-refractivity contribution in [3.8, 4) is 0 Å². The molecule has 1 aromatic rings. The van der Waals surface area contributed by atoms with Crippen LogP contribution < -0.4 is 10.6 Å². The Kier molecular flexibility index (Phi) is 5.85. The molecule has 2 aliphatic rings. The molecule has 23 heavy (non-hydrogen) atoms. The van der Waals surface area contributed by atoms with E-state index in [-0.39, 0.29) is 6.10 Å². The summed E-state index contributed by atoms with van der Waals surface area (Å²) in [7, 11) is 1.81. The summed E-state index contributed by atoms with van der Waals surface area (Å²) in [5.41, 5.74) is 1.14. The predicted octanol–water partition coefficient (Wildman–Crippen LogP) is 1.02. The Morgan fingerprint density at radius 2 is 2.43 bits per heavy atom. The number of morpholine rings is 1. The zero-order valence-electron chi connectivity index (χ0n) is 14.0. The molecule has 0 saturated carbocycles. The lowest BCUT2D eigenvalue weighted by atomic mass is 10.2. The number of fused-ring (bicyclic) bond motifs is 1. The Morgan fingerprint density at radius 3 is 3.22 bits per heavy atom. The summed E-state index contributed by atoms with van der Waals surface area (Å²) < 4.78 is 5.97. The highest BCUT2D eigenvalue weighted by atomic mass is 32.1. The monoisotopic (exact) mass is 337 g/mol. The smallest absolute Gasteiger partial charge is 0.191 e. The number of aryl methyl sites for hydroxylation is 1. The van der Waals surface area contributed by atoms with Crippen LogP contribution in [0.5, 0.6) is 0 Å². The summed E-state index contributed by atoms with van der Waals surface area (Å²) in [4.78, 5) is 11.3. The Labute approximate surface area is 142 Å².